The second kappa shape index (κ2) is 8.20. The molecule has 0 aliphatic carbocycles. The Kier molecular flexibility index (Phi) is 6.13. The van der Waals surface area contributed by atoms with Crippen molar-refractivity contribution in [1.29, 1.82) is 0 Å². The van der Waals surface area contributed by atoms with Gasteiger partial charge in [0.2, 0.25) is 10.0 Å². The number of sulfone groups is 1. The molecule has 1 unspecified atom stereocenters. The van der Waals surface area contributed by atoms with Crippen molar-refractivity contribution < 1.29 is 21.8 Å². The molecular weight excluding hydrogens is 446 g/mol. The molecule has 1 saturated heterocycles. The van der Waals surface area contributed by atoms with Crippen molar-refractivity contribution in [2.24, 2.45) is 0 Å². The highest BCUT2D eigenvalue weighted by Gasteiger charge is 2.32. The second-order valence-electron chi connectivity index (χ2n) is 7.62. The van der Waals surface area contributed by atoms with Crippen molar-refractivity contribution in [3.05, 3.63) is 45.3 Å². The van der Waals surface area contributed by atoms with E-state index < -0.39 is 24.8 Å². The van der Waals surface area contributed by atoms with Crippen molar-refractivity contribution in [1.82, 2.24) is 14.5 Å². The Bertz CT molecular complexity index is 1240. The van der Waals surface area contributed by atoms with Gasteiger partial charge in [-0.25, -0.2) is 21.6 Å². The molecule has 1 aliphatic heterocycles. The molecule has 3 rings (SSSR count). The van der Waals surface area contributed by atoms with E-state index >= 15 is 0 Å². The molecule has 1 atom stereocenters. The molecule has 0 radical (unpaired) electrons. The van der Waals surface area contributed by atoms with Crippen molar-refractivity contribution in [3.63, 3.8) is 0 Å². The third-order valence-corrected chi connectivity index (χ3v) is 8.72. The molecule has 1 aromatic carbocycles. The normalized spacial score (nSPS) is 18.3. The number of hydrogen-bond donors (Lipinski definition) is 1. The summed E-state index contributed by atoms with van der Waals surface area (Å²) in [5.74, 6) is 0.191. The quantitative estimate of drug-likeness (QED) is 0.470. The van der Waals surface area contributed by atoms with Gasteiger partial charge in [-0.3, -0.25) is 14.8 Å². The van der Waals surface area contributed by atoms with Crippen LogP contribution in [-0.2, 0) is 26.4 Å². The zero-order valence-corrected chi connectivity index (χ0v) is 19.3. The fourth-order valence-corrected chi connectivity index (χ4v) is 6.27. The van der Waals surface area contributed by atoms with Crippen LogP contribution in [0.3, 0.4) is 0 Å². The Morgan fingerprint density at radius 3 is 2.58 bits per heavy atom. The summed E-state index contributed by atoms with van der Waals surface area (Å²) in [5.41, 5.74) is 2.29. The smallest absolute Gasteiger partial charge is 0.293 e. The van der Waals surface area contributed by atoms with Crippen LogP contribution in [-0.4, -0.2) is 57.1 Å². The summed E-state index contributed by atoms with van der Waals surface area (Å²) in [5, 5.41) is 16.1. The van der Waals surface area contributed by atoms with Crippen LogP contribution in [0.25, 0.3) is 0 Å². The van der Waals surface area contributed by atoms with E-state index in [1.807, 2.05) is 13.8 Å². The predicted molar refractivity (Wildman–Crippen MR) is 115 cm³/mol. The number of anilines is 1. The number of rotatable bonds is 7. The van der Waals surface area contributed by atoms with Crippen molar-refractivity contribution in [3.8, 4) is 0 Å². The van der Waals surface area contributed by atoms with Gasteiger partial charge in [0.05, 0.1) is 33.1 Å². The fraction of sp³-hybridized carbons (Fsp3) is 0.500. The van der Waals surface area contributed by atoms with Crippen LogP contribution in [0.2, 0.25) is 0 Å². The van der Waals surface area contributed by atoms with E-state index in [2.05, 4.69) is 9.82 Å². The van der Waals surface area contributed by atoms with Crippen LogP contribution in [0.15, 0.2) is 23.1 Å². The Morgan fingerprint density at radius 1 is 1.35 bits per heavy atom. The topological polar surface area (TPSA) is 145 Å². The van der Waals surface area contributed by atoms with Gasteiger partial charge in [0.15, 0.2) is 9.84 Å². The van der Waals surface area contributed by atoms with Gasteiger partial charge in [0.25, 0.3) is 5.69 Å². The van der Waals surface area contributed by atoms with Crippen LogP contribution >= 0.6 is 0 Å². The zero-order chi connectivity index (χ0) is 23.1. The molecule has 170 valence electrons. The molecule has 1 N–H and O–H groups in total. The molecule has 0 bridgehead atoms. The van der Waals surface area contributed by atoms with Gasteiger partial charge in [-0.05, 0) is 39.4 Å². The molecular formula is C18H25N5O6S2. The lowest BCUT2D eigenvalue weighted by Gasteiger charge is -2.20. The van der Waals surface area contributed by atoms with Gasteiger partial charge in [-0.2, -0.15) is 5.10 Å². The van der Waals surface area contributed by atoms with Crippen LogP contribution in [0.1, 0.15) is 29.4 Å². The van der Waals surface area contributed by atoms with Crippen molar-refractivity contribution >= 4 is 31.2 Å². The SMILES string of the molecule is CNS(=O)(=O)c1ccc(N(C)Cc2c(C)nn(C3CCS(=O)(=O)C3)c2C)c([N+](=O)[O-])c1. The molecule has 31 heavy (non-hydrogen) atoms. The van der Waals surface area contributed by atoms with Gasteiger partial charge in [0.1, 0.15) is 5.69 Å². The third-order valence-electron chi connectivity index (χ3n) is 5.56. The summed E-state index contributed by atoms with van der Waals surface area (Å²) < 4.78 is 51.6. The molecule has 1 aliphatic rings. The van der Waals surface area contributed by atoms with Gasteiger partial charge < -0.3 is 4.90 Å². The Labute approximate surface area is 181 Å². The van der Waals surface area contributed by atoms with Crippen molar-refractivity contribution in [2.75, 3.05) is 30.5 Å². The van der Waals surface area contributed by atoms with E-state index in [4.69, 9.17) is 0 Å². The van der Waals surface area contributed by atoms with Gasteiger partial charge in [-0.15, -0.1) is 0 Å². The zero-order valence-electron chi connectivity index (χ0n) is 17.7. The average Bonchev–Trinajstić information content (AvgIpc) is 3.20. The van der Waals surface area contributed by atoms with E-state index in [0.29, 0.717) is 12.1 Å². The number of aromatic nitrogens is 2. The van der Waals surface area contributed by atoms with Gasteiger partial charge >= 0.3 is 0 Å². The second-order valence-corrected chi connectivity index (χ2v) is 11.7. The summed E-state index contributed by atoms with van der Waals surface area (Å²) >= 11 is 0. The van der Waals surface area contributed by atoms with E-state index in [-0.39, 0.29) is 40.4 Å². The molecule has 0 saturated carbocycles. The minimum absolute atomic E-state index is 0.0527. The minimum Gasteiger partial charge on any atom is -0.365 e. The Hall–Kier alpha value is -2.51. The third kappa shape index (κ3) is 4.57. The minimum atomic E-state index is -3.82. The molecule has 2 aromatic rings. The van der Waals surface area contributed by atoms with Crippen LogP contribution in [0.5, 0.6) is 0 Å². The molecule has 13 heteroatoms. The average molecular weight is 472 g/mol. The highest BCUT2D eigenvalue weighted by Crippen LogP contribution is 2.32. The largest absolute Gasteiger partial charge is 0.365 e. The first-order valence-corrected chi connectivity index (χ1v) is 12.8. The number of nitro groups is 1. The van der Waals surface area contributed by atoms with Crippen molar-refractivity contribution in [2.45, 2.75) is 37.8 Å². The first kappa shape index (κ1) is 23.2. The molecule has 1 fully saturated rings. The maximum Gasteiger partial charge on any atom is 0.293 e. The van der Waals surface area contributed by atoms with E-state index in [0.717, 1.165) is 17.3 Å². The number of benzene rings is 1. The number of nitrogens with zero attached hydrogens (tertiary/aromatic N) is 4. The van der Waals surface area contributed by atoms with Crippen LogP contribution in [0.4, 0.5) is 11.4 Å². The van der Waals surface area contributed by atoms with E-state index in [1.165, 1.54) is 19.2 Å². The molecule has 11 nitrogen and oxygen atoms in total. The number of aryl methyl sites for hydroxylation is 1. The summed E-state index contributed by atoms with van der Waals surface area (Å²) in [6.45, 7) is 3.95. The lowest BCUT2D eigenvalue weighted by atomic mass is 10.1. The number of sulfonamides is 1. The lowest BCUT2D eigenvalue weighted by Crippen LogP contribution is -2.21. The van der Waals surface area contributed by atoms with Gasteiger partial charge in [-0.1, -0.05) is 0 Å². The molecule has 0 spiro atoms. The lowest BCUT2D eigenvalue weighted by molar-refractivity contribution is -0.384. The monoisotopic (exact) mass is 471 g/mol. The molecule has 1 aromatic heterocycles. The maximum absolute atomic E-state index is 12.0. The van der Waals surface area contributed by atoms with Gasteiger partial charge in [0, 0.05) is 30.9 Å². The summed E-state index contributed by atoms with van der Waals surface area (Å²) in [6, 6.07) is 3.53. The number of hydrogen-bond acceptors (Lipinski definition) is 8. The standard InChI is InChI=1S/C18H25N5O6S2/c1-12-16(13(2)22(20-12)14-7-8-30(26,27)11-14)10-21(4)17-6-5-15(31(28,29)19-3)9-18(17)23(24)25/h5-6,9,14,19H,7-8,10-11H2,1-4H3. The van der Waals surface area contributed by atoms with Crippen LogP contribution in [0, 0.1) is 24.0 Å². The predicted octanol–water partition coefficient (Wildman–Crippen LogP) is 1.31. The first-order valence-electron chi connectivity index (χ1n) is 9.54. The van der Waals surface area contributed by atoms with E-state index in [9.17, 15) is 26.9 Å². The Morgan fingerprint density at radius 2 is 2.03 bits per heavy atom. The number of nitrogens with one attached hydrogen (secondary N) is 1. The number of nitro benzene ring substituents is 1. The molecule has 0 amide bonds. The van der Waals surface area contributed by atoms with E-state index in [1.54, 1.807) is 16.6 Å². The fourth-order valence-electron chi connectivity index (χ4n) is 3.83. The summed E-state index contributed by atoms with van der Waals surface area (Å²) in [6.07, 6.45) is 0.506. The Balaban J connectivity index is 1.93. The summed E-state index contributed by atoms with van der Waals surface area (Å²) in [4.78, 5) is 12.5. The maximum atomic E-state index is 12.0. The molecule has 2 heterocycles. The highest BCUT2D eigenvalue weighted by atomic mass is 32.2. The summed E-state index contributed by atoms with van der Waals surface area (Å²) in [7, 11) is -3.98. The first-order chi connectivity index (χ1) is 14.4. The van der Waals surface area contributed by atoms with Crippen LogP contribution < -0.4 is 9.62 Å². The highest BCUT2D eigenvalue weighted by molar-refractivity contribution is 7.91.